The Labute approximate surface area is 156 Å². The van der Waals surface area contributed by atoms with Gasteiger partial charge in [-0.3, -0.25) is 19.8 Å². The Morgan fingerprint density at radius 1 is 1.33 bits per heavy atom. The number of nitrogens with zero attached hydrogens (tertiary/aromatic N) is 3. The van der Waals surface area contributed by atoms with Crippen molar-refractivity contribution in [2.24, 2.45) is 0 Å². The predicted molar refractivity (Wildman–Crippen MR) is 93.1 cm³/mol. The number of sulfonamides is 1. The number of rotatable bonds is 7. The highest BCUT2D eigenvalue weighted by Crippen LogP contribution is 2.18. The summed E-state index contributed by atoms with van der Waals surface area (Å²) in [7, 11) is -3.54. The van der Waals surface area contributed by atoms with Crippen LogP contribution in [0.2, 0.25) is 0 Å². The third-order valence-electron chi connectivity index (χ3n) is 3.75. The van der Waals surface area contributed by atoms with E-state index in [9.17, 15) is 22.8 Å². The first-order valence-corrected chi connectivity index (χ1v) is 9.81. The molecule has 1 saturated heterocycles. The van der Waals surface area contributed by atoms with Crippen LogP contribution in [0.5, 0.6) is 0 Å². The molecule has 2 heterocycles. The van der Waals surface area contributed by atoms with Crippen LogP contribution in [0.3, 0.4) is 0 Å². The molecule has 0 aliphatic carbocycles. The maximum Gasteiger partial charge on any atom is 0.331 e. The molecule has 1 N–H and O–H groups in total. The molecule has 11 heteroatoms. The summed E-state index contributed by atoms with van der Waals surface area (Å²) in [5.41, 5.74) is -0.262. The van der Waals surface area contributed by atoms with Gasteiger partial charge in [0.2, 0.25) is 10.0 Å². The fraction of sp³-hybridized carbons (Fsp3) is 0.375. The number of nitrogens with one attached hydrogen (secondary N) is 1. The van der Waals surface area contributed by atoms with Crippen LogP contribution in [-0.2, 0) is 26.2 Å². The highest BCUT2D eigenvalue weighted by molar-refractivity contribution is 7.88. The lowest BCUT2D eigenvalue weighted by Crippen LogP contribution is -2.53. The zero-order valence-electron chi connectivity index (χ0n) is 14.8. The molecule has 4 amide bonds. The van der Waals surface area contributed by atoms with E-state index in [1.807, 2.05) is 6.07 Å². The third kappa shape index (κ3) is 4.81. The summed E-state index contributed by atoms with van der Waals surface area (Å²) >= 11 is 0. The van der Waals surface area contributed by atoms with Gasteiger partial charge < -0.3 is 4.42 Å². The Bertz CT molecular complexity index is 940. The number of amides is 4. The molecular formula is C16H18N4O6S. The van der Waals surface area contributed by atoms with Gasteiger partial charge in [-0.1, -0.05) is 0 Å². The number of nitriles is 1. The van der Waals surface area contributed by atoms with Crippen LogP contribution in [0.4, 0.5) is 4.79 Å². The zero-order valence-corrected chi connectivity index (χ0v) is 15.6. The van der Waals surface area contributed by atoms with Crippen LogP contribution < -0.4 is 5.32 Å². The van der Waals surface area contributed by atoms with Gasteiger partial charge in [0.05, 0.1) is 18.9 Å². The van der Waals surface area contributed by atoms with Crippen LogP contribution in [0.25, 0.3) is 6.08 Å². The number of hydrogen-bond donors (Lipinski definition) is 1. The Morgan fingerprint density at radius 2 is 2.04 bits per heavy atom. The summed E-state index contributed by atoms with van der Waals surface area (Å²) in [6, 6.07) is 4.07. The molecule has 0 atom stereocenters. The van der Waals surface area contributed by atoms with Crippen LogP contribution in [-0.4, -0.2) is 54.8 Å². The molecule has 2 rings (SSSR count). The monoisotopic (exact) mass is 394 g/mol. The second-order valence-corrected chi connectivity index (χ2v) is 7.66. The van der Waals surface area contributed by atoms with Crippen molar-refractivity contribution in [3.63, 3.8) is 0 Å². The van der Waals surface area contributed by atoms with Gasteiger partial charge in [-0.25, -0.2) is 13.2 Å². The topological polar surface area (TPSA) is 141 Å². The molecule has 27 heavy (non-hydrogen) atoms. The Hall–Kier alpha value is -2.97. The van der Waals surface area contributed by atoms with E-state index in [4.69, 9.17) is 9.68 Å². The van der Waals surface area contributed by atoms with Gasteiger partial charge >= 0.3 is 6.03 Å². The van der Waals surface area contributed by atoms with Crippen molar-refractivity contribution in [2.75, 3.05) is 19.3 Å². The molecule has 144 valence electrons. The van der Waals surface area contributed by atoms with Crippen LogP contribution in [0.1, 0.15) is 24.9 Å². The highest BCUT2D eigenvalue weighted by atomic mass is 32.2. The Kier molecular flexibility index (Phi) is 6.14. The van der Waals surface area contributed by atoms with Crippen molar-refractivity contribution in [1.82, 2.24) is 14.5 Å². The van der Waals surface area contributed by atoms with Gasteiger partial charge in [0.1, 0.15) is 17.1 Å². The molecule has 10 nitrogen and oxygen atoms in total. The molecule has 0 unspecified atom stereocenters. The van der Waals surface area contributed by atoms with E-state index in [-0.39, 0.29) is 43.1 Å². The quantitative estimate of drug-likeness (QED) is 0.522. The summed E-state index contributed by atoms with van der Waals surface area (Å²) in [6.45, 7) is 1.61. The first-order chi connectivity index (χ1) is 12.7. The number of barbiturate groups is 1. The minimum atomic E-state index is -3.54. The smallest absolute Gasteiger partial charge is 0.331 e. The van der Waals surface area contributed by atoms with Crippen molar-refractivity contribution in [1.29, 1.82) is 5.26 Å². The number of imide groups is 2. The molecule has 1 aliphatic heterocycles. The van der Waals surface area contributed by atoms with Gasteiger partial charge in [-0.15, -0.1) is 0 Å². The van der Waals surface area contributed by atoms with Crippen LogP contribution in [0, 0.1) is 11.3 Å². The average molecular weight is 394 g/mol. The second kappa shape index (κ2) is 8.15. The maximum absolute atomic E-state index is 12.2. The molecule has 0 radical (unpaired) electrons. The van der Waals surface area contributed by atoms with E-state index < -0.39 is 27.9 Å². The largest absolute Gasteiger partial charge is 0.460 e. The van der Waals surface area contributed by atoms with Crippen molar-refractivity contribution >= 4 is 33.9 Å². The van der Waals surface area contributed by atoms with Gasteiger partial charge in [0, 0.05) is 19.5 Å². The van der Waals surface area contributed by atoms with E-state index in [1.165, 1.54) is 18.2 Å². The SMILES string of the molecule is CCN1C(=O)NC(=O)/C(=C\c2ccc(CN(CCC#N)S(C)(=O)=O)o2)C1=O. The molecule has 0 bridgehead atoms. The molecule has 1 fully saturated rings. The number of urea groups is 1. The van der Waals surface area contributed by atoms with Gasteiger partial charge in [-0.2, -0.15) is 9.57 Å². The van der Waals surface area contributed by atoms with Crippen molar-refractivity contribution < 1.29 is 27.2 Å². The molecule has 0 spiro atoms. The molecule has 0 saturated carbocycles. The summed E-state index contributed by atoms with van der Waals surface area (Å²) in [6.07, 6.45) is 2.24. The predicted octanol–water partition coefficient (Wildman–Crippen LogP) is 0.437. The Balaban J connectivity index is 2.23. The van der Waals surface area contributed by atoms with Gasteiger partial charge in [0.15, 0.2) is 0 Å². The minimum absolute atomic E-state index is 0.0148. The van der Waals surface area contributed by atoms with Crippen molar-refractivity contribution in [3.8, 4) is 6.07 Å². The van der Waals surface area contributed by atoms with E-state index in [2.05, 4.69) is 5.32 Å². The van der Waals surface area contributed by atoms with E-state index in [0.29, 0.717) is 0 Å². The molecule has 1 aromatic heterocycles. The summed E-state index contributed by atoms with van der Waals surface area (Å²) < 4.78 is 30.1. The van der Waals surface area contributed by atoms with E-state index >= 15 is 0 Å². The lowest BCUT2D eigenvalue weighted by atomic mass is 10.1. The summed E-state index contributed by atoms with van der Waals surface area (Å²) in [4.78, 5) is 36.6. The van der Waals surface area contributed by atoms with Crippen molar-refractivity contribution in [2.45, 2.75) is 19.9 Å². The third-order valence-corrected chi connectivity index (χ3v) is 4.99. The molecule has 1 aromatic rings. The second-order valence-electron chi connectivity index (χ2n) is 5.68. The Morgan fingerprint density at radius 3 is 2.63 bits per heavy atom. The normalized spacial score (nSPS) is 16.7. The number of furan rings is 1. The molecule has 0 aromatic carbocycles. The lowest BCUT2D eigenvalue weighted by Gasteiger charge is -2.24. The van der Waals surface area contributed by atoms with Crippen molar-refractivity contribution in [3.05, 3.63) is 29.2 Å². The first kappa shape index (κ1) is 20.3. The van der Waals surface area contributed by atoms with E-state index in [0.717, 1.165) is 15.5 Å². The summed E-state index contributed by atoms with van der Waals surface area (Å²) in [5, 5.41) is 10.7. The zero-order chi connectivity index (χ0) is 20.2. The van der Waals surface area contributed by atoms with Crippen LogP contribution >= 0.6 is 0 Å². The standard InChI is InChI=1S/C16H18N4O6S/c1-3-20-15(22)13(14(21)18-16(20)23)9-11-5-6-12(26-11)10-19(8-4-7-17)27(2,24)25/h5-6,9H,3-4,8,10H2,1-2H3,(H,18,21,23)/b13-9+. The molecular weight excluding hydrogens is 376 g/mol. The van der Waals surface area contributed by atoms with Crippen LogP contribution in [0.15, 0.2) is 22.1 Å². The first-order valence-electron chi connectivity index (χ1n) is 7.97. The number of likely N-dealkylation sites (N-methyl/N-ethyl adjacent to an activating group) is 1. The van der Waals surface area contributed by atoms with Gasteiger partial charge in [-0.05, 0) is 25.1 Å². The fourth-order valence-electron chi connectivity index (χ4n) is 2.39. The summed E-state index contributed by atoms with van der Waals surface area (Å²) in [5.74, 6) is -1.14. The fourth-order valence-corrected chi connectivity index (χ4v) is 3.18. The lowest BCUT2D eigenvalue weighted by molar-refractivity contribution is -0.129. The van der Waals surface area contributed by atoms with E-state index in [1.54, 1.807) is 6.92 Å². The number of carbonyl (C=O) groups is 3. The number of hydrogen-bond acceptors (Lipinski definition) is 7. The average Bonchev–Trinajstić information content (AvgIpc) is 3.02. The molecule has 1 aliphatic rings. The minimum Gasteiger partial charge on any atom is -0.460 e. The maximum atomic E-state index is 12.2. The number of carbonyl (C=O) groups excluding carboxylic acids is 3. The highest BCUT2D eigenvalue weighted by Gasteiger charge is 2.34. The van der Waals surface area contributed by atoms with Gasteiger partial charge in [0.25, 0.3) is 11.8 Å².